The molecule has 0 bridgehead atoms. The summed E-state index contributed by atoms with van der Waals surface area (Å²) in [6.45, 7) is 1.94. The molecule has 0 aliphatic carbocycles. The predicted octanol–water partition coefficient (Wildman–Crippen LogP) is 3.85. The van der Waals surface area contributed by atoms with Crippen LogP contribution >= 0.6 is 0 Å². The van der Waals surface area contributed by atoms with Crippen LogP contribution in [0.3, 0.4) is 0 Å². The van der Waals surface area contributed by atoms with E-state index in [1.54, 1.807) is 38.6 Å². The van der Waals surface area contributed by atoms with Crippen LogP contribution in [0.1, 0.15) is 5.56 Å². The van der Waals surface area contributed by atoms with Gasteiger partial charge in [0.15, 0.2) is 11.3 Å². The van der Waals surface area contributed by atoms with E-state index in [0.29, 0.717) is 40.1 Å². The van der Waals surface area contributed by atoms with E-state index in [1.165, 1.54) is 0 Å². The number of benzene rings is 2. The largest absolute Gasteiger partial charge is 0.497 e. The molecule has 8 nitrogen and oxygen atoms in total. The Morgan fingerprint density at radius 1 is 1.11 bits per heavy atom. The second-order valence-corrected chi connectivity index (χ2v) is 5.88. The quantitative estimate of drug-likeness (QED) is 0.552. The third-order valence-corrected chi connectivity index (χ3v) is 4.23. The van der Waals surface area contributed by atoms with Gasteiger partial charge >= 0.3 is 5.76 Å². The lowest BCUT2D eigenvalue weighted by molar-refractivity contribution is 0.392. The monoisotopic (exact) mass is 367 g/mol. The van der Waals surface area contributed by atoms with Crippen LogP contribution < -0.4 is 20.5 Å². The first-order chi connectivity index (χ1) is 13.1. The summed E-state index contributed by atoms with van der Waals surface area (Å²) < 4.78 is 21.6. The van der Waals surface area contributed by atoms with Gasteiger partial charge in [-0.25, -0.2) is 9.78 Å². The number of nitrogens with zero attached hydrogens (tertiary/aromatic N) is 1. The summed E-state index contributed by atoms with van der Waals surface area (Å²) in [5, 5.41) is 3.06. The summed E-state index contributed by atoms with van der Waals surface area (Å²) in [6.07, 6.45) is 1.62. The zero-order valence-electron chi connectivity index (χ0n) is 15.0. The van der Waals surface area contributed by atoms with Gasteiger partial charge in [0.1, 0.15) is 11.5 Å². The fourth-order valence-corrected chi connectivity index (χ4v) is 2.85. The topological polar surface area (TPSA) is 103 Å². The van der Waals surface area contributed by atoms with E-state index in [2.05, 4.69) is 15.3 Å². The van der Waals surface area contributed by atoms with Gasteiger partial charge in [-0.1, -0.05) is 0 Å². The molecule has 0 saturated heterocycles. The van der Waals surface area contributed by atoms with Gasteiger partial charge in [-0.3, -0.25) is 4.98 Å². The maximum Gasteiger partial charge on any atom is 0.417 e. The normalized spacial score (nSPS) is 10.9. The molecule has 2 N–H and O–H groups in total. The van der Waals surface area contributed by atoms with E-state index in [4.69, 9.17) is 18.3 Å². The molecule has 2 aromatic carbocycles. The fourth-order valence-electron chi connectivity index (χ4n) is 2.85. The third kappa shape index (κ3) is 3.12. The average Bonchev–Trinajstić information content (AvgIpc) is 3.27. The molecule has 2 heterocycles. The molecule has 0 fully saturated rings. The molecule has 8 heteroatoms. The number of hydrogen-bond donors (Lipinski definition) is 2. The Bertz CT molecular complexity index is 1170. The number of hydrogen-bond acceptors (Lipinski definition) is 7. The standard InChI is InChI=1S/C19H17N3O5/c1-10-13(7-12(24-2)8-15(10)25-3)17-9-20-18(26-17)21-11-4-5-14-16(6-11)27-19(23)22-14/h4-9H,1-3H3,(H,20,21)(H,22,23). The molecule has 138 valence electrons. The van der Waals surface area contributed by atoms with Crippen LogP contribution in [-0.4, -0.2) is 24.2 Å². The third-order valence-electron chi connectivity index (χ3n) is 4.23. The number of methoxy groups -OCH3 is 2. The predicted molar refractivity (Wildman–Crippen MR) is 99.9 cm³/mol. The maximum absolute atomic E-state index is 11.3. The average molecular weight is 367 g/mol. The number of fused-ring (bicyclic) bond motifs is 1. The lowest BCUT2D eigenvalue weighted by Crippen LogP contribution is -1.93. The van der Waals surface area contributed by atoms with E-state index in [-0.39, 0.29) is 0 Å². The number of nitrogens with one attached hydrogen (secondary N) is 2. The molecule has 0 atom stereocenters. The number of oxazole rings is 2. The van der Waals surface area contributed by atoms with Crippen molar-refractivity contribution in [2.45, 2.75) is 6.92 Å². The molecule has 0 spiro atoms. The Labute approximate surface area is 153 Å². The van der Waals surface area contributed by atoms with Crippen molar-refractivity contribution in [3.8, 4) is 22.8 Å². The maximum atomic E-state index is 11.3. The Kier molecular flexibility index (Phi) is 4.08. The van der Waals surface area contributed by atoms with Crippen molar-refractivity contribution >= 4 is 22.8 Å². The summed E-state index contributed by atoms with van der Waals surface area (Å²) >= 11 is 0. The van der Waals surface area contributed by atoms with Crippen molar-refractivity contribution in [1.82, 2.24) is 9.97 Å². The molecule has 0 amide bonds. The highest BCUT2D eigenvalue weighted by Gasteiger charge is 2.15. The number of rotatable bonds is 5. The van der Waals surface area contributed by atoms with Crippen molar-refractivity contribution in [1.29, 1.82) is 0 Å². The number of ether oxygens (including phenoxy) is 2. The zero-order valence-corrected chi connectivity index (χ0v) is 15.0. The SMILES string of the molecule is COc1cc(OC)c(C)c(-c2cnc(Nc3ccc4[nH]c(=O)oc4c3)o2)c1. The highest BCUT2D eigenvalue weighted by molar-refractivity contribution is 5.77. The van der Waals surface area contributed by atoms with E-state index < -0.39 is 5.76 Å². The smallest absolute Gasteiger partial charge is 0.417 e. The second-order valence-electron chi connectivity index (χ2n) is 5.88. The van der Waals surface area contributed by atoms with Crippen molar-refractivity contribution in [2.24, 2.45) is 0 Å². The van der Waals surface area contributed by atoms with E-state index in [1.807, 2.05) is 19.1 Å². The molecule has 4 aromatic rings. The van der Waals surface area contributed by atoms with Crippen LogP contribution in [-0.2, 0) is 0 Å². The van der Waals surface area contributed by atoms with Crippen LogP contribution in [0.5, 0.6) is 11.5 Å². The summed E-state index contributed by atoms with van der Waals surface area (Å²) in [6, 6.07) is 9.21. The molecule has 27 heavy (non-hydrogen) atoms. The minimum atomic E-state index is -0.497. The molecule has 2 aromatic heterocycles. The summed E-state index contributed by atoms with van der Waals surface area (Å²) in [7, 11) is 3.20. The Morgan fingerprint density at radius 2 is 1.96 bits per heavy atom. The lowest BCUT2D eigenvalue weighted by Gasteiger charge is -2.11. The molecule has 4 rings (SSSR count). The first kappa shape index (κ1) is 16.8. The van der Waals surface area contributed by atoms with Crippen LogP contribution in [0, 0.1) is 6.92 Å². The highest BCUT2D eigenvalue weighted by atomic mass is 16.5. The van der Waals surface area contributed by atoms with E-state index >= 15 is 0 Å². The fraction of sp³-hybridized carbons (Fsp3) is 0.158. The van der Waals surface area contributed by atoms with Crippen molar-refractivity contribution in [3.05, 3.63) is 52.6 Å². The van der Waals surface area contributed by atoms with Gasteiger partial charge < -0.3 is 23.6 Å². The van der Waals surface area contributed by atoms with Crippen molar-refractivity contribution < 1.29 is 18.3 Å². The summed E-state index contributed by atoms with van der Waals surface area (Å²) in [4.78, 5) is 18.1. The van der Waals surface area contributed by atoms with Crippen LogP contribution in [0.25, 0.3) is 22.4 Å². The zero-order chi connectivity index (χ0) is 19.0. The molecule has 0 radical (unpaired) electrons. The van der Waals surface area contributed by atoms with Crippen molar-refractivity contribution in [2.75, 3.05) is 19.5 Å². The number of H-pyrrole nitrogens is 1. The second kappa shape index (κ2) is 6.56. The number of aromatic amines is 1. The van der Waals surface area contributed by atoms with Gasteiger partial charge in [0.25, 0.3) is 6.01 Å². The minimum absolute atomic E-state index is 0.309. The molecule has 0 unspecified atom stereocenters. The molecule has 0 saturated carbocycles. The summed E-state index contributed by atoms with van der Waals surface area (Å²) in [5.41, 5.74) is 3.48. The Morgan fingerprint density at radius 3 is 2.74 bits per heavy atom. The first-order valence-electron chi connectivity index (χ1n) is 8.16. The van der Waals surface area contributed by atoms with Crippen LogP contribution in [0.2, 0.25) is 0 Å². The van der Waals surface area contributed by atoms with Gasteiger partial charge in [-0.15, -0.1) is 0 Å². The number of anilines is 2. The van der Waals surface area contributed by atoms with E-state index in [0.717, 1.165) is 11.1 Å². The van der Waals surface area contributed by atoms with Gasteiger partial charge in [0, 0.05) is 28.9 Å². The summed E-state index contributed by atoms with van der Waals surface area (Å²) in [5.74, 6) is 1.43. The van der Waals surface area contributed by atoms with Gasteiger partial charge in [-0.05, 0) is 25.1 Å². The van der Waals surface area contributed by atoms with Crippen molar-refractivity contribution in [3.63, 3.8) is 0 Å². The Hall–Kier alpha value is -3.68. The first-order valence-corrected chi connectivity index (χ1v) is 8.16. The van der Waals surface area contributed by atoms with Crippen LogP contribution in [0.4, 0.5) is 11.7 Å². The molecule has 0 aliphatic heterocycles. The minimum Gasteiger partial charge on any atom is -0.497 e. The molecular weight excluding hydrogens is 350 g/mol. The molecular formula is C19H17N3O5. The van der Waals surface area contributed by atoms with Gasteiger partial charge in [0.2, 0.25) is 0 Å². The van der Waals surface area contributed by atoms with Gasteiger partial charge in [0.05, 0.1) is 25.9 Å². The van der Waals surface area contributed by atoms with Gasteiger partial charge in [-0.2, -0.15) is 0 Å². The molecule has 0 aliphatic rings. The lowest BCUT2D eigenvalue weighted by atomic mass is 10.1. The Balaban J connectivity index is 1.66. The number of aromatic nitrogens is 2. The highest BCUT2D eigenvalue weighted by Crippen LogP contribution is 2.36. The van der Waals surface area contributed by atoms with Crippen LogP contribution in [0.15, 0.2) is 50.2 Å². The van der Waals surface area contributed by atoms with E-state index in [9.17, 15) is 4.79 Å².